The van der Waals surface area contributed by atoms with Gasteiger partial charge >= 0.3 is 0 Å². The van der Waals surface area contributed by atoms with Gasteiger partial charge in [0.15, 0.2) is 6.17 Å². The second-order valence-corrected chi connectivity index (χ2v) is 6.73. The Kier molecular flexibility index (Phi) is 5.11. The van der Waals surface area contributed by atoms with Crippen LogP contribution < -0.4 is 11.1 Å². The molecule has 0 radical (unpaired) electrons. The number of nitrogens with zero attached hydrogens (tertiary/aromatic N) is 1. The first-order valence-electron chi connectivity index (χ1n) is 6.76. The highest BCUT2D eigenvalue weighted by atomic mass is 32.2. The third-order valence-electron chi connectivity index (χ3n) is 3.58. The van der Waals surface area contributed by atoms with Crippen LogP contribution in [0, 0.1) is 0 Å². The van der Waals surface area contributed by atoms with E-state index in [0.717, 1.165) is 13.1 Å². The lowest BCUT2D eigenvalue weighted by molar-refractivity contribution is -0.460. The molecule has 2 atom stereocenters. The third-order valence-corrected chi connectivity index (χ3v) is 4.39. The van der Waals surface area contributed by atoms with Gasteiger partial charge in [-0.3, -0.25) is 9.45 Å². The van der Waals surface area contributed by atoms with Crippen molar-refractivity contribution in [1.29, 1.82) is 0 Å². The summed E-state index contributed by atoms with van der Waals surface area (Å²) in [5, 5.41) is 3.45. The van der Waals surface area contributed by atoms with Crippen LogP contribution in [0.2, 0.25) is 0 Å². The van der Waals surface area contributed by atoms with Crippen molar-refractivity contribution in [1.82, 2.24) is 10.2 Å². The monoisotopic (exact) mass is 300 g/mol. The summed E-state index contributed by atoms with van der Waals surface area (Å²) in [5.74, 6) is -0.195. The van der Waals surface area contributed by atoms with E-state index in [1.54, 1.807) is 0 Å². The number of hydrogen-bond acceptors (Lipinski definition) is 4. The van der Waals surface area contributed by atoms with Gasteiger partial charge in [-0.05, 0) is 12.0 Å². The topological polar surface area (TPSA) is 97.3 Å². The minimum Gasteiger partial charge on any atom is -0.341 e. The van der Waals surface area contributed by atoms with Crippen LogP contribution in [0.1, 0.15) is 18.0 Å². The molecule has 6 nitrogen and oxygen atoms in total. The first-order chi connectivity index (χ1) is 9.46. The molecule has 5 N–H and O–H groups in total. The lowest BCUT2D eigenvalue weighted by Gasteiger charge is -2.36. The smallest absolute Gasteiger partial charge is 0.264 e. The maximum atomic E-state index is 10.7. The second kappa shape index (κ2) is 6.64. The fraction of sp³-hybridized carbons (Fsp3) is 0.538. The van der Waals surface area contributed by atoms with Crippen molar-refractivity contribution in [2.45, 2.75) is 18.6 Å². The minimum atomic E-state index is -3.87. The Morgan fingerprint density at radius 2 is 2.05 bits per heavy atom. The molecule has 7 heteroatoms. The zero-order valence-corrected chi connectivity index (χ0v) is 12.2. The van der Waals surface area contributed by atoms with E-state index in [9.17, 15) is 8.42 Å². The van der Waals surface area contributed by atoms with Crippen LogP contribution in [0.25, 0.3) is 0 Å². The predicted octanol–water partition coefficient (Wildman–Crippen LogP) is -0.521. The Labute approximate surface area is 119 Å². The largest absolute Gasteiger partial charge is 0.341 e. The summed E-state index contributed by atoms with van der Waals surface area (Å²) in [6.45, 7) is 2.19. The maximum Gasteiger partial charge on any atom is 0.264 e. The number of nitrogens with one attached hydrogen (secondary N) is 1. The van der Waals surface area contributed by atoms with Crippen LogP contribution in [-0.4, -0.2) is 49.4 Å². The second-order valence-electron chi connectivity index (χ2n) is 5.16. The summed E-state index contributed by atoms with van der Waals surface area (Å²) in [5.41, 5.74) is 5.30. The Balaban J connectivity index is 1.91. The van der Waals surface area contributed by atoms with Crippen molar-refractivity contribution in [3.63, 3.8) is 0 Å². The van der Waals surface area contributed by atoms with Gasteiger partial charge in [-0.1, -0.05) is 30.3 Å². The Morgan fingerprint density at radius 3 is 2.70 bits per heavy atom. The van der Waals surface area contributed by atoms with Gasteiger partial charge in [0.1, 0.15) is 0 Å². The van der Waals surface area contributed by atoms with E-state index in [0.29, 0.717) is 13.0 Å². The zero-order valence-electron chi connectivity index (χ0n) is 11.4. The van der Waals surface area contributed by atoms with Crippen molar-refractivity contribution >= 4 is 10.1 Å². The van der Waals surface area contributed by atoms with Gasteiger partial charge in [-0.15, -0.1) is 0 Å². The molecule has 0 spiro atoms. The molecule has 1 aromatic rings. The molecule has 20 heavy (non-hydrogen) atoms. The number of benzene rings is 1. The quantitative estimate of drug-likeness (QED) is 0.636. The van der Waals surface area contributed by atoms with Crippen LogP contribution in [0.3, 0.4) is 0 Å². The van der Waals surface area contributed by atoms with E-state index in [4.69, 9.17) is 4.55 Å². The molecule has 0 amide bonds. The lowest BCUT2D eigenvalue weighted by Crippen LogP contribution is -2.75. The maximum absolute atomic E-state index is 10.7. The summed E-state index contributed by atoms with van der Waals surface area (Å²) in [6.07, 6.45) is 0.545. The van der Waals surface area contributed by atoms with E-state index in [-0.39, 0.29) is 18.0 Å². The Morgan fingerprint density at radius 1 is 1.35 bits per heavy atom. The average Bonchev–Trinajstić information content (AvgIpc) is 2.40. The molecule has 0 bridgehead atoms. The van der Waals surface area contributed by atoms with E-state index in [2.05, 4.69) is 28.1 Å². The van der Waals surface area contributed by atoms with Crippen LogP contribution in [0.15, 0.2) is 30.3 Å². The van der Waals surface area contributed by atoms with E-state index in [1.165, 1.54) is 5.56 Å². The molecule has 0 saturated carbocycles. The van der Waals surface area contributed by atoms with Crippen LogP contribution in [0.5, 0.6) is 0 Å². The van der Waals surface area contributed by atoms with Crippen LogP contribution >= 0.6 is 0 Å². The highest BCUT2D eigenvalue weighted by molar-refractivity contribution is 7.85. The number of quaternary nitrogens is 1. The normalized spacial score (nSPS) is 24.7. The summed E-state index contributed by atoms with van der Waals surface area (Å²) in [4.78, 5) is 2.17. The molecule has 1 aliphatic heterocycles. The molecule has 1 heterocycles. The third kappa shape index (κ3) is 4.53. The zero-order chi connectivity index (χ0) is 14.6. The van der Waals surface area contributed by atoms with Crippen LogP contribution in [-0.2, 0) is 10.1 Å². The van der Waals surface area contributed by atoms with Gasteiger partial charge in [0.25, 0.3) is 10.1 Å². The molecular formula is C13H22N3O3S+. The van der Waals surface area contributed by atoms with Gasteiger partial charge in [-0.25, -0.2) is 0 Å². The lowest BCUT2D eigenvalue weighted by atomic mass is 10.0. The molecule has 2 rings (SSSR count). The molecule has 1 aromatic carbocycles. The highest BCUT2D eigenvalue weighted by Crippen LogP contribution is 2.18. The number of rotatable bonds is 5. The van der Waals surface area contributed by atoms with Crippen molar-refractivity contribution in [2.24, 2.45) is 0 Å². The molecule has 1 fully saturated rings. The van der Waals surface area contributed by atoms with Crippen molar-refractivity contribution in [3.05, 3.63) is 35.9 Å². The molecular weight excluding hydrogens is 278 g/mol. The fourth-order valence-corrected chi connectivity index (χ4v) is 2.98. The Bertz CT molecular complexity index is 521. The molecule has 0 aromatic heterocycles. The first-order valence-corrected chi connectivity index (χ1v) is 8.37. The van der Waals surface area contributed by atoms with Gasteiger partial charge in [0.2, 0.25) is 0 Å². The molecule has 0 aliphatic carbocycles. The minimum absolute atomic E-state index is 0.122. The van der Waals surface area contributed by atoms with E-state index < -0.39 is 10.1 Å². The molecule has 112 valence electrons. The van der Waals surface area contributed by atoms with Crippen molar-refractivity contribution in [2.75, 3.05) is 25.4 Å². The fourth-order valence-electron chi connectivity index (χ4n) is 2.49. The van der Waals surface area contributed by atoms with E-state index >= 15 is 0 Å². The molecule has 2 unspecified atom stereocenters. The van der Waals surface area contributed by atoms with Crippen LogP contribution in [0.4, 0.5) is 0 Å². The Hall–Kier alpha value is -0.990. The van der Waals surface area contributed by atoms with Crippen molar-refractivity contribution < 1.29 is 18.7 Å². The standard InChI is InChI=1S/C13H21N3O3S/c14-13-9-15-12(11-5-2-1-3-6-11)10-16(13)7-4-8-20(17,18)19/h1-3,5-6,12-13,15H,4,7-10,14H2,(H,17,18,19)/p+1. The molecule has 1 aliphatic rings. The van der Waals surface area contributed by atoms with Gasteiger partial charge in [0.05, 0.1) is 12.3 Å². The predicted molar refractivity (Wildman–Crippen MR) is 76.5 cm³/mol. The van der Waals surface area contributed by atoms with E-state index in [1.807, 2.05) is 18.2 Å². The average molecular weight is 300 g/mol. The first kappa shape index (κ1) is 15.4. The number of hydrogen-bond donors (Lipinski definition) is 3. The summed E-state index contributed by atoms with van der Waals surface area (Å²) in [6, 6.07) is 10.4. The SMILES string of the molecule is [NH3+]C1CNC(c2ccccc2)CN1CCCS(=O)(=O)O. The highest BCUT2D eigenvalue weighted by Gasteiger charge is 2.28. The number of piperazine rings is 1. The summed E-state index contributed by atoms with van der Waals surface area (Å²) < 4.78 is 30.3. The van der Waals surface area contributed by atoms with Crippen molar-refractivity contribution in [3.8, 4) is 0 Å². The van der Waals surface area contributed by atoms with Gasteiger partial charge < -0.3 is 11.1 Å². The molecule has 1 saturated heterocycles. The van der Waals surface area contributed by atoms with Gasteiger partial charge in [-0.2, -0.15) is 8.42 Å². The summed E-state index contributed by atoms with van der Waals surface area (Å²) in [7, 11) is -3.87. The summed E-state index contributed by atoms with van der Waals surface area (Å²) >= 11 is 0. The van der Waals surface area contributed by atoms with Gasteiger partial charge in [0, 0.05) is 19.1 Å².